The van der Waals surface area contributed by atoms with E-state index in [0.29, 0.717) is 11.3 Å². The van der Waals surface area contributed by atoms with Crippen molar-refractivity contribution in [2.24, 2.45) is 0 Å². The number of aliphatic hydroxyl groups is 1. The lowest BCUT2D eigenvalue weighted by Crippen LogP contribution is -2.70. The topological polar surface area (TPSA) is 180 Å². The van der Waals surface area contributed by atoms with Crippen molar-refractivity contribution in [2.75, 3.05) is 28.3 Å². The quantitative estimate of drug-likeness (QED) is 0.258. The Hall–Kier alpha value is -4.25. The van der Waals surface area contributed by atoms with Gasteiger partial charge in [0, 0.05) is 5.56 Å². The van der Waals surface area contributed by atoms with E-state index in [0.717, 1.165) is 16.9 Å². The standard InChI is InChI=1S/C36H51N5O11/c1-11-12-18-46-27-23-26(38-30(39-27)41(32(44)51-35(5,6)7)33(45)52-36(8,9)10)40(31(43)50-34(2,3)4)28-22(37-23)24(42)25-21(48-28)19-47-29(49-25)20-16-14-13-15-17-20/h13-17,21-22,24-25,28-29,37,42H,11-12,18-19H2,1-10H3/t21-,22+,24+,25+,28-,29?/m1/s1. The number of imide groups is 1. The Morgan fingerprint density at radius 3 is 2.12 bits per heavy atom. The fourth-order valence-electron chi connectivity index (χ4n) is 5.64. The van der Waals surface area contributed by atoms with E-state index in [1.807, 2.05) is 37.3 Å². The van der Waals surface area contributed by atoms with Gasteiger partial charge in [0.25, 0.3) is 0 Å². The zero-order valence-electron chi connectivity index (χ0n) is 31.5. The number of benzene rings is 1. The molecule has 1 aromatic carbocycles. The molecule has 16 heteroatoms. The fraction of sp³-hybridized carbons (Fsp3) is 0.639. The van der Waals surface area contributed by atoms with Gasteiger partial charge >= 0.3 is 18.3 Å². The largest absolute Gasteiger partial charge is 0.476 e. The number of rotatable bonds is 6. The molecule has 52 heavy (non-hydrogen) atoms. The number of ether oxygens (including phenoxy) is 7. The number of aliphatic hydroxyl groups excluding tert-OH is 1. The minimum atomic E-state index is -1.25. The Labute approximate surface area is 304 Å². The number of anilines is 3. The van der Waals surface area contributed by atoms with Crippen LogP contribution in [0.25, 0.3) is 0 Å². The first-order valence-corrected chi connectivity index (χ1v) is 17.5. The second kappa shape index (κ2) is 15.0. The highest BCUT2D eigenvalue weighted by Crippen LogP contribution is 2.45. The number of aromatic nitrogens is 2. The maximum absolute atomic E-state index is 14.2. The van der Waals surface area contributed by atoms with E-state index >= 15 is 0 Å². The first kappa shape index (κ1) is 39.0. The number of nitrogens with one attached hydrogen (secondary N) is 1. The van der Waals surface area contributed by atoms with Gasteiger partial charge in [0.2, 0.25) is 11.8 Å². The van der Waals surface area contributed by atoms with Crippen LogP contribution in [-0.4, -0.2) is 94.0 Å². The van der Waals surface area contributed by atoms with E-state index in [1.165, 1.54) is 0 Å². The smallest absolute Gasteiger partial charge is 0.427 e. The van der Waals surface area contributed by atoms with E-state index in [4.69, 9.17) is 33.2 Å². The number of nitrogens with zero attached hydrogens (tertiary/aromatic N) is 4. The summed E-state index contributed by atoms with van der Waals surface area (Å²) >= 11 is 0. The van der Waals surface area contributed by atoms with E-state index in [1.54, 1.807) is 62.3 Å². The van der Waals surface area contributed by atoms with Crippen molar-refractivity contribution in [3.8, 4) is 5.88 Å². The van der Waals surface area contributed by atoms with E-state index < -0.39 is 77.9 Å². The lowest BCUT2D eigenvalue weighted by molar-refractivity contribution is -0.311. The van der Waals surface area contributed by atoms with Gasteiger partial charge in [-0.1, -0.05) is 43.7 Å². The molecule has 0 radical (unpaired) electrons. The molecule has 5 rings (SSSR count). The molecule has 2 saturated heterocycles. The van der Waals surface area contributed by atoms with E-state index in [2.05, 4.69) is 15.3 Å². The lowest BCUT2D eigenvalue weighted by Gasteiger charge is -2.52. The molecule has 4 heterocycles. The highest BCUT2D eigenvalue weighted by molar-refractivity contribution is 6.08. The summed E-state index contributed by atoms with van der Waals surface area (Å²) in [6.07, 6.45) is -6.65. The summed E-state index contributed by atoms with van der Waals surface area (Å²) in [7, 11) is 0. The summed E-state index contributed by atoms with van der Waals surface area (Å²) in [4.78, 5) is 52.3. The van der Waals surface area contributed by atoms with Crippen LogP contribution in [0.2, 0.25) is 0 Å². The molecule has 16 nitrogen and oxygen atoms in total. The van der Waals surface area contributed by atoms with Crippen molar-refractivity contribution >= 4 is 35.7 Å². The molecule has 0 aliphatic carbocycles. The third kappa shape index (κ3) is 9.03. The van der Waals surface area contributed by atoms with Crippen LogP contribution in [0.15, 0.2) is 30.3 Å². The minimum Gasteiger partial charge on any atom is -0.476 e. The molecule has 3 aliphatic heterocycles. The molecular weight excluding hydrogens is 678 g/mol. The van der Waals surface area contributed by atoms with Crippen LogP contribution in [0.1, 0.15) is 93.9 Å². The molecule has 0 bridgehead atoms. The zero-order valence-corrected chi connectivity index (χ0v) is 31.5. The number of carbonyl (C=O) groups excluding carboxylic acids is 3. The molecule has 3 amide bonds. The molecule has 2 N–H and O–H groups in total. The SMILES string of the molecule is CCCCOc1nc(N(C(=O)OC(C)(C)C)C(=O)OC(C)(C)C)nc2c1N[C@H]1[C@H](O)[C@H]3OC(c4ccccc4)OC[C@H]3O[C@H]1N2C(=O)OC(C)(C)C. The van der Waals surface area contributed by atoms with E-state index in [9.17, 15) is 19.5 Å². The predicted octanol–water partition coefficient (Wildman–Crippen LogP) is 6.07. The monoisotopic (exact) mass is 729 g/mol. The normalized spacial score (nSPS) is 24.3. The molecule has 0 spiro atoms. The van der Waals surface area contributed by atoms with Gasteiger partial charge < -0.3 is 43.6 Å². The number of fused-ring (bicyclic) bond motifs is 3. The molecule has 2 fully saturated rings. The average Bonchev–Trinajstić information content (AvgIpc) is 3.02. The lowest BCUT2D eigenvalue weighted by atomic mass is 9.92. The molecule has 1 aromatic heterocycles. The van der Waals surface area contributed by atoms with Crippen LogP contribution in [0.4, 0.5) is 31.8 Å². The average molecular weight is 730 g/mol. The van der Waals surface area contributed by atoms with Crippen molar-refractivity contribution in [2.45, 2.75) is 136 Å². The highest BCUT2D eigenvalue weighted by Gasteiger charge is 2.56. The minimum absolute atomic E-state index is 0.0327. The summed E-state index contributed by atoms with van der Waals surface area (Å²) in [5.74, 6) is -0.747. The van der Waals surface area contributed by atoms with Crippen molar-refractivity contribution < 1.29 is 52.6 Å². The van der Waals surface area contributed by atoms with Gasteiger partial charge in [-0.2, -0.15) is 9.97 Å². The van der Waals surface area contributed by atoms with Crippen molar-refractivity contribution in [3.05, 3.63) is 35.9 Å². The van der Waals surface area contributed by atoms with Gasteiger partial charge in [0.05, 0.1) is 13.2 Å². The molecule has 2 aromatic rings. The number of hydrogen-bond donors (Lipinski definition) is 2. The molecule has 6 atom stereocenters. The van der Waals surface area contributed by atoms with Gasteiger partial charge in [-0.05, 0) is 68.7 Å². The van der Waals surface area contributed by atoms with Gasteiger partial charge in [0.1, 0.15) is 46.8 Å². The number of amides is 3. The first-order valence-electron chi connectivity index (χ1n) is 17.5. The Morgan fingerprint density at radius 2 is 1.54 bits per heavy atom. The zero-order chi connectivity index (χ0) is 38.2. The first-order chi connectivity index (χ1) is 24.3. The number of carbonyl (C=O) groups is 3. The fourth-order valence-corrected chi connectivity index (χ4v) is 5.64. The van der Waals surface area contributed by atoms with Crippen LogP contribution in [0.3, 0.4) is 0 Å². The van der Waals surface area contributed by atoms with Crippen LogP contribution in [0, 0.1) is 0 Å². The Balaban J connectivity index is 1.64. The Bertz CT molecular complexity index is 1580. The summed E-state index contributed by atoms with van der Waals surface area (Å²) in [5.41, 5.74) is -2.15. The Morgan fingerprint density at radius 1 is 0.923 bits per heavy atom. The predicted molar refractivity (Wildman–Crippen MR) is 188 cm³/mol. The maximum atomic E-state index is 14.2. The molecule has 1 unspecified atom stereocenters. The third-order valence-corrected chi connectivity index (χ3v) is 7.77. The van der Waals surface area contributed by atoms with Crippen molar-refractivity contribution in [1.82, 2.24) is 9.97 Å². The summed E-state index contributed by atoms with van der Waals surface area (Å²) in [6, 6.07) is 8.30. The summed E-state index contributed by atoms with van der Waals surface area (Å²) < 4.78 is 41.8. The molecule has 0 saturated carbocycles. The third-order valence-electron chi connectivity index (χ3n) is 7.77. The van der Waals surface area contributed by atoms with Crippen molar-refractivity contribution in [1.29, 1.82) is 0 Å². The highest BCUT2D eigenvalue weighted by atomic mass is 16.7. The summed E-state index contributed by atoms with van der Waals surface area (Å²) in [6.45, 7) is 17.1. The van der Waals surface area contributed by atoms with Gasteiger partial charge in [0.15, 0.2) is 18.3 Å². The molecule has 3 aliphatic rings. The maximum Gasteiger partial charge on any atom is 0.427 e. The van der Waals surface area contributed by atoms with Gasteiger partial charge in [-0.25, -0.2) is 19.3 Å². The van der Waals surface area contributed by atoms with Crippen LogP contribution in [0.5, 0.6) is 5.88 Å². The second-order valence-corrected chi connectivity index (χ2v) is 15.8. The van der Waals surface area contributed by atoms with E-state index in [-0.39, 0.29) is 30.6 Å². The molecule has 286 valence electrons. The number of hydrogen-bond acceptors (Lipinski definition) is 14. The second-order valence-electron chi connectivity index (χ2n) is 15.8. The van der Waals surface area contributed by atoms with Gasteiger partial charge in [-0.3, -0.25) is 0 Å². The van der Waals surface area contributed by atoms with Crippen LogP contribution in [-0.2, 0) is 28.4 Å². The van der Waals surface area contributed by atoms with Crippen LogP contribution >= 0.6 is 0 Å². The van der Waals surface area contributed by atoms with Crippen LogP contribution < -0.4 is 19.9 Å². The Kier molecular flexibility index (Phi) is 11.2. The molecular formula is C36H51N5O11. The van der Waals surface area contributed by atoms with Gasteiger partial charge in [-0.15, -0.1) is 4.90 Å². The number of unbranched alkanes of at least 4 members (excludes halogenated alkanes) is 1. The van der Waals surface area contributed by atoms with Crippen molar-refractivity contribution in [3.63, 3.8) is 0 Å². The summed E-state index contributed by atoms with van der Waals surface area (Å²) in [5, 5.41) is 15.2.